The monoisotopic (exact) mass is 460 g/mol. The van der Waals surface area contributed by atoms with Gasteiger partial charge in [-0.15, -0.1) is 0 Å². The normalized spacial score (nSPS) is 26.5. The number of allylic oxidation sites excluding steroid dienone is 3. The lowest BCUT2D eigenvalue weighted by Gasteiger charge is -2.36. The van der Waals surface area contributed by atoms with Gasteiger partial charge in [-0.2, -0.15) is 48.3 Å². The number of hydrogen-bond donors (Lipinski definition) is 1. The zero-order valence-electron chi connectivity index (χ0n) is 15.3. The van der Waals surface area contributed by atoms with Gasteiger partial charge < -0.3 is 5.11 Å². The summed E-state index contributed by atoms with van der Waals surface area (Å²) in [6.07, 6.45) is -14.9. The summed E-state index contributed by atoms with van der Waals surface area (Å²) in [7, 11) is 0. The van der Waals surface area contributed by atoms with E-state index in [1.54, 1.807) is 0 Å². The van der Waals surface area contributed by atoms with E-state index in [1.807, 2.05) is 0 Å². The number of halogens is 11. The van der Waals surface area contributed by atoms with Gasteiger partial charge in [-0.25, -0.2) is 0 Å². The summed E-state index contributed by atoms with van der Waals surface area (Å²) < 4.78 is 144. The van der Waals surface area contributed by atoms with Crippen LogP contribution in [0.25, 0.3) is 0 Å². The molecule has 0 heterocycles. The fraction of sp³-hybridized carbons (Fsp3) is 0.778. The predicted octanol–water partition coefficient (Wildman–Crippen LogP) is 6.94. The highest BCUT2D eigenvalue weighted by atomic mass is 19.4. The van der Waals surface area contributed by atoms with Crippen LogP contribution in [0.1, 0.15) is 38.5 Å². The van der Waals surface area contributed by atoms with Crippen LogP contribution in [0, 0.1) is 23.7 Å². The highest BCUT2D eigenvalue weighted by molar-refractivity contribution is 5.12. The molecule has 0 aromatic rings. The molecule has 2 saturated carbocycles. The number of alkyl halides is 8. The van der Waals surface area contributed by atoms with E-state index in [0.29, 0.717) is 12.3 Å². The number of aliphatic hydroxyl groups is 1. The highest BCUT2D eigenvalue weighted by Crippen LogP contribution is 2.52. The molecular formula is C18H19F11O. The molecule has 174 valence electrons. The minimum absolute atomic E-state index is 0.125. The molecule has 2 fully saturated rings. The predicted molar refractivity (Wildman–Crippen MR) is 83.2 cm³/mol. The van der Waals surface area contributed by atoms with E-state index in [4.69, 9.17) is 0 Å². The molecular weight excluding hydrogens is 441 g/mol. The lowest BCUT2D eigenvalue weighted by atomic mass is 9.82. The van der Waals surface area contributed by atoms with Gasteiger partial charge in [0.2, 0.25) is 5.83 Å². The second kappa shape index (κ2) is 8.31. The smallest absolute Gasteiger partial charge is 0.374 e. The standard InChI is InChI=1S/C18H19F11O/c19-13(14(20)21)16(22,23)12(8-15(30,17(24,25)26)18(27,28)29)3-1-2-10-6-9-4-5-11(10)7-9/h1-2,9-12,30H,3-8H2/b2-1+. The molecule has 2 bridgehead atoms. The maximum atomic E-state index is 14.1. The van der Waals surface area contributed by atoms with Crippen LogP contribution in [-0.2, 0) is 0 Å². The molecule has 4 unspecified atom stereocenters. The molecule has 0 saturated heterocycles. The Morgan fingerprint density at radius 2 is 1.47 bits per heavy atom. The van der Waals surface area contributed by atoms with Crippen molar-refractivity contribution in [1.82, 2.24) is 0 Å². The van der Waals surface area contributed by atoms with E-state index < -0.39 is 54.5 Å². The van der Waals surface area contributed by atoms with Crippen LogP contribution in [0.4, 0.5) is 48.3 Å². The first-order chi connectivity index (χ1) is 13.5. The first-order valence-electron chi connectivity index (χ1n) is 9.12. The van der Waals surface area contributed by atoms with Crippen LogP contribution < -0.4 is 0 Å². The van der Waals surface area contributed by atoms with E-state index in [9.17, 15) is 53.4 Å². The summed E-state index contributed by atoms with van der Waals surface area (Å²) in [5.41, 5.74) is -5.62. The van der Waals surface area contributed by atoms with Crippen LogP contribution in [0.2, 0.25) is 0 Å². The molecule has 4 atom stereocenters. The van der Waals surface area contributed by atoms with Gasteiger partial charge in [-0.1, -0.05) is 18.6 Å². The Balaban J connectivity index is 2.32. The lowest BCUT2D eigenvalue weighted by Crippen LogP contribution is -2.59. The van der Waals surface area contributed by atoms with Crippen molar-refractivity contribution in [2.24, 2.45) is 23.7 Å². The van der Waals surface area contributed by atoms with Crippen molar-refractivity contribution >= 4 is 0 Å². The Morgan fingerprint density at radius 1 is 0.900 bits per heavy atom. The molecule has 0 spiro atoms. The molecule has 0 aromatic carbocycles. The Kier molecular flexibility index (Phi) is 6.91. The van der Waals surface area contributed by atoms with Gasteiger partial charge in [0.1, 0.15) is 0 Å². The van der Waals surface area contributed by atoms with Gasteiger partial charge >= 0.3 is 24.4 Å². The first kappa shape index (κ1) is 24.9. The van der Waals surface area contributed by atoms with E-state index in [1.165, 1.54) is 6.08 Å². The Hall–Kier alpha value is -1.33. The molecule has 2 rings (SSSR count). The van der Waals surface area contributed by atoms with Crippen LogP contribution in [-0.4, -0.2) is 29.0 Å². The second-order valence-corrected chi connectivity index (χ2v) is 7.96. The van der Waals surface area contributed by atoms with Gasteiger partial charge in [0.25, 0.3) is 5.60 Å². The number of hydrogen-bond acceptors (Lipinski definition) is 1. The van der Waals surface area contributed by atoms with Gasteiger partial charge in [0.15, 0.2) is 0 Å². The average Bonchev–Trinajstić information content (AvgIpc) is 3.20. The number of fused-ring (bicyclic) bond motifs is 2. The molecule has 0 aliphatic heterocycles. The van der Waals surface area contributed by atoms with Crippen molar-refractivity contribution < 1.29 is 53.4 Å². The third-order valence-electron chi connectivity index (χ3n) is 6.05. The zero-order chi connectivity index (χ0) is 23.1. The van der Waals surface area contributed by atoms with E-state index >= 15 is 0 Å². The summed E-state index contributed by atoms with van der Waals surface area (Å²) in [5, 5.41) is 9.20. The second-order valence-electron chi connectivity index (χ2n) is 7.96. The van der Waals surface area contributed by atoms with Gasteiger partial charge in [-0.05, 0) is 43.4 Å². The maximum absolute atomic E-state index is 14.1. The minimum Gasteiger partial charge on any atom is -0.374 e. The Labute approximate surface area is 164 Å². The topological polar surface area (TPSA) is 20.2 Å². The summed E-state index contributed by atoms with van der Waals surface area (Å²) >= 11 is 0. The lowest BCUT2D eigenvalue weighted by molar-refractivity contribution is -0.375. The van der Waals surface area contributed by atoms with Gasteiger partial charge in [0, 0.05) is 12.3 Å². The van der Waals surface area contributed by atoms with E-state index in [-0.39, 0.29) is 11.8 Å². The fourth-order valence-electron chi connectivity index (χ4n) is 4.36. The maximum Gasteiger partial charge on any atom is 0.426 e. The highest BCUT2D eigenvalue weighted by Gasteiger charge is 2.72. The van der Waals surface area contributed by atoms with Crippen molar-refractivity contribution in [3.05, 3.63) is 24.1 Å². The first-order valence-corrected chi connectivity index (χ1v) is 9.12. The van der Waals surface area contributed by atoms with Gasteiger partial charge in [0.05, 0.1) is 0 Å². The Bertz CT molecular complexity index is 659. The third kappa shape index (κ3) is 4.77. The quantitative estimate of drug-likeness (QED) is 0.322. The van der Waals surface area contributed by atoms with Gasteiger partial charge in [-0.3, -0.25) is 0 Å². The van der Waals surface area contributed by atoms with Crippen molar-refractivity contribution in [3.63, 3.8) is 0 Å². The zero-order valence-corrected chi connectivity index (χ0v) is 15.3. The number of rotatable bonds is 7. The largest absolute Gasteiger partial charge is 0.426 e. The SMILES string of the molecule is OC(CC(C/C=C/C1CC2CCC1C2)C(F)(F)C(F)=C(F)F)(C(F)(F)F)C(F)(F)F. The summed E-state index contributed by atoms with van der Waals surface area (Å²) in [5.74, 6) is -11.5. The molecule has 2 aliphatic rings. The van der Waals surface area contributed by atoms with Crippen molar-refractivity contribution in [1.29, 1.82) is 0 Å². The summed E-state index contributed by atoms with van der Waals surface area (Å²) in [6, 6.07) is 0. The third-order valence-corrected chi connectivity index (χ3v) is 6.05. The average molecular weight is 460 g/mol. The molecule has 0 radical (unpaired) electrons. The summed E-state index contributed by atoms with van der Waals surface area (Å²) in [4.78, 5) is 0. The molecule has 30 heavy (non-hydrogen) atoms. The van der Waals surface area contributed by atoms with Crippen molar-refractivity contribution in [2.75, 3.05) is 0 Å². The van der Waals surface area contributed by atoms with Crippen molar-refractivity contribution in [3.8, 4) is 0 Å². The molecule has 1 nitrogen and oxygen atoms in total. The van der Waals surface area contributed by atoms with Crippen LogP contribution >= 0.6 is 0 Å². The Morgan fingerprint density at radius 3 is 1.87 bits per heavy atom. The molecule has 1 N–H and O–H groups in total. The molecule has 12 heteroatoms. The van der Waals surface area contributed by atoms with Crippen LogP contribution in [0.3, 0.4) is 0 Å². The molecule has 2 aliphatic carbocycles. The van der Waals surface area contributed by atoms with Crippen LogP contribution in [0.5, 0.6) is 0 Å². The summed E-state index contributed by atoms with van der Waals surface area (Å²) in [6.45, 7) is 0. The van der Waals surface area contributed by atoms with E-state index in [2.05, 4.69) is 0 Å². The minimum atomic E-state index is -6.44. The van der Waals surface area contributed by atoms with Crippen molar-refractivity contribution in [2.45, 2.75) is 62.4 Å². The van der Waals surface area contributed by atoms with E-state index in [0.717, 1.165) is 25.3 Å². The fourth-order valence-corrected chi connectivity index (χ4v) is 4.36. The molecule has 0 aromatic heterocycles. The molecule has 0 amide bonds. The van der Waals surface area contributed by atoms with Crippen LogP contribution in [0.15, 0.2) is 24.1 Å².